The van der Waals surface area contributed by atoms with E-state index in [4.69, 9.17) is 0 Å². The second-order valence-corrected chi connectivity index (χ2v) is 5.70. The maximum Gasteiger partial charge on any atom is 0.0301 e. The van der Waals surface area contributed by atoms with Gasteiger partial charge in [-0.05, 0) is 43.3 Å². The van der Waals surface area contributed by atoms with Gasteiger partial charge in [0, 0.05) is 18.6 Å². The van der Waals surface area contributed by atoms with Crippen molar-refractivity contribution in [2.45, 2.75) is 25.4 Å². The minimum atomic E-state index is 0.405. The van der Waals surface area contributed by atoms with E-state index in [1.807, 2.05) is 0 Å². The number of fused-ring (bicyclic) bond motifs is 1. The molecule has 2 aromatic carbocycles. The summed E-state index contributed by atoms with van der Waals surface area (Å²) in [5.74, 6) is 0. The van der Waals surface area contributed by atoms with Crippen LogP contribution in [0.1, 0.15) is 24.9 Å². The topological polar surface area (TPSA) is 15.3 Å². The van der Waals surface area contributed by atoms with E-state index in [1.165, 1.54) is 29.3 Å². The Labute approximate surface area is 115 Å². The maximum atomic E-state index is 3.78. The molecule has 0 spiro atoms. The third-order valence-electron chi connectivity index (χ3n) is 4.17. The van der Waals surface area contributed by atoms with E-state index in [2.05, 4.69) is 66.7 Å². The smallest absolute Gasteiger partial charge is 0.0301 e. The lowest BCUT2D eigenvalue weighted by atomic mass is 9.99. The van der Waals surface area contributed by atoms with E-state index in [0.29, 0.717) is 12.1 Å². The second kappa shape index (κ2) is 5.32. The van der Waals surface area contributed by atoms with Crippen LogP contribution in [0.5, 0.6) is 0 Å². The Morgan fingerprint density at radius 1 is 1.16 bits per heavy atom. The first-order valence-corrected chi connectivity index (χ1v) is 7.16. The van der Waals surface area contributed by atoms with Crippen LogP contribution < -0.4 is 5.32 Å². The first kappa shape index (κ1) is 12.6. The van der Waals surface area contributed by atoms with Gasteiger partial charge in [0.2, 0.25) is 0 Å². The Balaban J connectivity index is 1.83. The molecule has 1 saturated heterocycles. The molecule has 1 aliphatic rings. The monoisotopic (exact) mass is 254 g/mol. The number of likely N-dealkylation sites (N-methyl/N-ethyl adjacent to an activating group) is 1. The van der Waals surface area contributed by atoms with Gasteiger partial charge in [-0.1, -0.05) is 42.5 Å². The molecule has 0 amide bonds. The van der Waals surface area contributed by atoms with Crippen LogP contribution in [0.25, 0.3) is 10.8 Å². The average Bonchev–Trinajstić information content (AvgIpc) is 2.83. The molecule has 0 radical (unpaired) electrons. The van der Waals surface area contributed by atoms with Crippen LogP contribution >= 0.6 is 0 Å². The predicted molar refractivity (Wildman–Crippen MR) is 81.4 cm³/mol. The van der Waals surface area contributed by atoms with Gasteiger partial charge in [-0.15, -0.1) is 0 Å². The van der Waals surface area contributed by atoms with Gasteiger partial charge in [0.1, 0.15) is 0 Å². The zero-order chi connectivity index (χ0) is 13.2. The molecule has 2 atom stereocenters. The fraction of sp³-hybridized carbons (Fsp3) is 0.412. The molecule has 1 heterocycles. The summed E-state index contributed by atoms with van der Waals surface area (Å²) in [7, 11) is 2.20. The van der Waals surface area contributed by atoms with E-state index in [9.17, 15) is 0 Å². The molecular weight excluding hydrogens is 232 g/mol. The third-order valence-corrected chi connectivity index (χ3v) is 4.17. The number of likely N-dealkylation sites (tertiary alicyclic amines) is 1. The Bertz CT molecular complexity index is 559. The molecule has 1 N–H and O–H groups in total. The van der Waals surface area contributed by atoms with Gasteiger partial charge < -0.3 is 10.2 Å². The standard InChI is InChI=1S/C17H22N2/c1-13(18-15-10-11-19(2)12-15)16-9-5-7-14-6-3-4-8-17(14)16/h3-9,13,15,18H,10-12H2,1-2H3/t13-,15-/m1/s1. The summed E-state index contributed by atoms with van der Waals surface area (Å²) < 4.78 is 0. The largest absolute Gasteiger partial charge is 0.306 e. The lowest BCUT2D eigenvalue weighted by Gasteiger charge is -2.21. The van der Waals surface area contributed by atoms with Crippen molar-refractivity contribution >= 4 is 10.8 Å². The summed E-state index contributed by atoms with van der Waals surface area (Å²) in [6.45, 7) is 4.65. The molecule has 100 valence electrons. The van der Waals surface area contributed by atoms with Gasteiger partial charge in [-0.3, -0.25) is 0 Å². The number of benzene rings is 2. The first-order valence-electron chi connectivity index (χ1n) is 7.16. The van der Waals surface area contributed by atoms with Gasteiger partial charge in [0.15, 0.2) is 0 Å². The van der Waals surface area contributed by atoms with E-state index in [0.717, 1.165) is 6.54 Å². The summed E-state index contributed by atoms with van der Waals surface area (Å²) >= 11 is 0. The number of rotatable bonds is 3. The van der Waals surface area contributed by atoms with Gasteiger partial charge in [-0.2, -0.15) is 0 Å². The Hall–Kier alpha value is -1.38. The quantitative estimate of drug-likeness (QED) is 0.905. The molecule has 0 unspecified atom stereocenters. The SMILES string of the molecule is C[C@@H](N[C@@H]1CCN(C)C1)c1cccc2ccccc12. The Morgan fingerprint density at radius 2 is 1.95 bits per heavy atom. The summed E-state index contributed by atoms with van der Waals surface area (Å²) in [5, 5.41) is 6.48. The van der Waals surface area contributed by atoms with E-state index >= 15 is 0 Å². The van der Waals surface area contributed by atoms with Gasteiger partial charge in [0.25, 0.3) is 0 Å². The molecule has 0 aromatic heterocycles. The molecule has 3 rings (SSSR count). The lowest BCUT2D eigenvalue weighted by Crippen LogP contribution is -2.33. The van der Waals surface area contributed by atoms with Crippen LogP contribution in [0, 0.1) is 0 Å². The van der Waals surface area contributed by atoms with Crippen molar-refractivity contribution in [1.29, 1.82) is 0 Å². The maximum absolute atomic E-state index is 3.78. The molecule has 19 heavy (non-hydrogen) atoms. The highest BCUT2D eigenvalue weighted by atomic mass is 15.2. The number of hydrogen-bond acceptors (Lipinski definition) is 2. The molecule has 1 aliphatic heterocycles. The van der Waals surface area contributed by atoms with Crippen LogP contribution in [-0.2, 0) is 0 Å². The molecular formula is C17H22N2. The van der Waals surface area contributed by atoms with Crippen LogP contribution in [0.4, 0.5) is 0 Å². The minimum Gasteiger partial charge on any atom is -0.306 e. The van der Waals surface area contributed by atoms with Gasteiger partial charge in [-0.25, -0.2) is 0 Å². The molecule has 0 bridgehead atoms. The van der Waals surface area contributed by atoms with Crippen molar-refractivity contribution in [2.24, 2.45) is 0 Å². The van der Waals surface area contributed by atoms with E-state index in [-0.39, 0.29) is 0 Å². The zero-order valence-corrected chi connectivity index (χ0v) is 11.8. The third kappa shape index (κ3) is 2.65. The lowest BCUT2D eigenvalue weighted by molar-refractivity contribution is 0.387. The molecule has 0 saturated carbocycles. The first-order chi connectivity index (χ1) is 9.24. The summed E-state index contributed by atoms with van der Waals surface area (Å²) in [4.78, 5) is 2.40. The molecule has 2 heteroatoms. The number of nitrogens with zero attached hydrogens (tertiary/aromatic N) is 1. The summed E-state index contributed by atoms with van der Waals surface area (Å²) in [6.07, 6.45) is 1.26. The minimum absolute atomic E-state index is 0.405. The zero-order valence-electron chi connectivity index (χ0n) is 11.8. The van der Waals surface area contributed by atoms with Crippen molar-refractivity contribution in [1.82, 2.24) is 10.2 Å². The fourth-order valence-corrected chi connectivity index (χ4v) is 3.14. The highest BCUT2D eigenvalue weighted by molar-refractivity contribution is 5.86. The van der Waals surface area contributed by atoms with Crippen LogP contribution in [0.2, 0.25) is 0 Å². The second-order valence-electron chi connectivity index (χ2n) is 5.70. The van der Waals surface area contributed by atoms with E-state index < -0.39 is 0 Å². The highest BCUT2D eigenvalue weighted by Crippen LogP contribution is 2.25. The Kier molecular flexibility index (Phi) is 3.54. The Morgan fingerprint density at radius 3 is 2.74 bits per heavy atom. The number of nitrogens with one attached hydrogen (secondary N) is 1. The average molecular weight is 254 g/mol. The molecule has 0 aliphatic carbocycles. The number of hydrogen-bond donors (Lipinski definition) is 1. The van der Waals surface area contributed by atoms with Crippen molar-refractivity contribution in [3.8, 4) is 0 Å². The van der Waals surface area contributed by atoms with Crippen molar-refractivity contribution < 1.29 is 0 Å². The van der Waals surface area contributed by atoms with Crippen molar-refractivity contribution in [2.75, 3.05) is 20.1 Å². The van der Waals surface area contributed by atoms with Gasteiger partial charge >= 0.3 is 0 Å². The molecule has 1 fully saturated rings. The summed E-state index contributed by atoms with van der Waals surface area (Å²) in [5.41, 5.74) is 1.41. The fourth-order valence-electron chi connectivity index (χ4n) is 3.14. The normalized spacial score (nSPS) is 21.9. The van der Waals surface area contributed by atoms with Crippen molar-refractivity contribution in [3.05, 3.63) is 48.0 Å². The molecule has 2 nitrogen and oxygen atoms in total. The van der Waals surface area contributed by atoms with Crippen LogP contribution in [0.3, 0.4) is 0 Å². The molecule has 2 aromatic rings. The van der Waals surface area contributed by atoms with Crippen LogP contribution in [0.15, 0.2) is 42.5 Å². The van der Waals surface area contributed by atoms with Crippen molar-refractivity contribution in [3.63, 3.8) is 0 Å². The van der Waals surface area contributed by atoms with E-state index in [1.54, 1.807) is 0 Å². The van der Waals surface area contributed by atoms with Gasteiger partial charge in [0.05, 0.1) is 0 Å². The highest BCUT2D eigenvalue weighted by Gasteiger charge is 2.21. The predicted octanol–water partition coefficient (Wildman–Crippen LogP) is 3.19. The summed E-state index contributed by atoms with van der Waals surface area (Å²) in [6, 6.07) is 16.3. The van der Waals surface area contributed by atoms with Crippen LogP contribution in [-0.4, -0.2) is 31.1 Å².